The number of aryl methyl sites for hydroxylation is 1. The van der Waals surface area contributed by atoms with E-state index in [2.05, 4.69) is 42.6 Å². The molecule has 1 aromatic rings. The maximum atomic E-state index is 2.33. The second kappa shape index (κ2) is 3.18. The molecule has 12 heavy (non-hydrogen) atoms. The van der Waals surface area contributed by atoms with Gasteiger partial charge in [-0.05, 0) is 31.4 Å². The van der Waals surface area contributed by atoms with Crippen molar-refractivity contribution in [1.29, 1.82) is 0 Å². The Morgan fingerprint density at radius 3 is 3.00 bits per heavy atom. The van der Waals surface area contributed by atoms with E-state index >= 15 is 0 Å². The topological polar surface area (TPSA) is 3.24 Å². The minimum atomic E-state index is 1.08. The van der Waals surface area contributed by atoms with Gasteiger partial charge in [0.05, 0.1) is 0 Å². The zero-order chi connectivity index (χ0) is 8.39. The van der Waals surface area contributed by atoms with Gasteiger partial charge in [0.15, 0.2) is 0 Å². The lowest BCUT2D eigenvalue weighted by molar-refractivity contribution is 0.790. The van der Waals surface area contributed by atoms with Crippen molar-refractivity contribution >= 4 is 5.69 Å². The average Bonchev–Trinajstić information content (AvgIpc) is 2.17. The van der Waals surface area contributed by atoms with E-state index in [0.29, 0.717) is 0 Å². The zero-order valence-corrected chi connectivity index (χ0v) is 7.46. The van der Waals surface area contributed by atoms with E-state index in [1.165, 1.54) is 24.1 Å². The second-order valence-electron chi connectivity index (χ2n) is 3.14. The summed E-state index contributed by atoms with van der Waals surface area (Å²) in [6, 6.07) is 8.66. The maximum absolute atomic E-state index is 2.33. The number of hydrogen-bond acceptors (Lipinski definition) is 1. The van der Waals surface area contributed by atoms with Gasteiger partial charge < -0.3 is 4.90 Å². The number of hydrogen-bond donors (Lipinski definition) is 0. The van der Waals surface area contributed by atoms with Crippen LogP contribution in [0.5, 0.6) is 0 Å². The monoisotopic (exact) mass is 160 g/mol. The fourth-order valence-electron chi connectivity index (χ4n) is 1.78. The number of rotatable bonds is 1. The van der Waals surface area contributed by atoms with E-state index in [1.54, 1.807) is 0 Å². The molecule has 0 aliphatic carbocycles. The Morgan fingerprint density at radius 2 is 2.17 bits per heavy atom. The molecular formula is C11H14N. The molecular weight excluding hydrogens is 146 g/mol. The summed E-state index contributed by atoms with van der Waals surface area (Å²) >= 11 is 0. The van der Waals surface area contributed by atoms with Gasteiger partial charge in [-0.25, -0.2) is 0 Å². The quantitative estimate of drug-likeness (QED) is 0.610. The molecule has 0 spiro atoms. The summed E-state index contributed by atoms with van der Waals surface area (Å²) in [7, 11) is 0. The number of benzene rings is 1. The number of anilines is 1. The molecule has 0 N–H and O–H groups in total. The first kappa shape index (κ1) is 7.66. The van der Waals surface area contributed by atoms with E-state index in [1.807, 2.05) is 0 Å². The molecule has 0 atom stereocenters. The first-order chi connectivity index (χ1) is 5.92. The summed E-state index contributed by atoms with van der Waals surface area (Å²) < 4.78 is 0. The van der Waals surface area contributed by atoms with Gasteiger partial charge in [-0.3, -0.25) is 0 Å². The van der Waals surface area contributed by atoms with Gasteiger partial charge in [-0.1, -0.05) is 18.2 Å². The fourth-order valence-corrected chi connectivity index (χ4v) is 1.78. The molecule has 0 aromatic heterocycles. The molecule has 1 heterocycles. The van der Waals surface area contributed by atoms with Crippen molar-refractivity contribution in [3.05, 3.63) is 36.4 Å². The van der Waals surface area contributed by atoms with E-state index in [9.17, 15) is 0 Å². The predicted octanol–water partition coefficient (Wildman–Crippen LogP) is 2.62. The van der Waals surface area contributed by atoms with E-state index < -0.39 is 0 Å². The first-order valence-corrected chi connectivity index (χ1v) is 4.59. The van der Waals surface area contributed by atoms with Crippen molar-refractivity contribution in [3.8, 4) is 0 Å². The minimum absolute atomic E-state index is 1.08. The highest BCUT2D eigenvalue weighted by molar-refractivity contribution is 5.56. The van der Waals surface area contributed by atoms with Crippen molar-refractivity contribution in [2.75, 3.05) is 11.4 Å². The van der Waals surface area contributed by atoms with Crippen LogP contribution in [-0.4, -0.2) is 6.54 Å². The largest absolute Gasteiger partial charge is 0.367 e. The number of nitrogens with zero attached hydrogens (tertiary/aromatic N) is 1. The summed E-state index contributed by atoms with van der Waals surface area (Å²) in [4.78, 5) is 2.33. The van der Waals surface area contributed by atoms with E-state index in [4.69, 9.17) is 0 Å². The Bertz CT molecular complexity index is 267. The summed E-state index contributed by atoms with van der Waals surface area (Å²) in [5.41, 5.74) is 2.88. The van der Waals surface area contributed by atoms with Crippen LogP contribution < -0.4 is 4.90 Å². The van der Waals surface area contributed by atoms with Crippen LogP contribution in [0.4, 0.5) is 5.69 Å². The van der Waals surface area contributed by atoms with Gasteiger partial charge in [-0.15, -0.1) is 0 Å². The molecule has 0 amide bonds. The third kappa shape index (κ3) is 1.20. The van der Waals surface area contributed by atoms with Gasteiger partial charge >= 0.3 is 0 Å². The molecule has 0 bridgehead atoms. The Kier molecular flexibility index (Phi) is 2.03. The Hall–Kier alpha value is -0.980. The lowest BCUT2D eigenvalue weighted by atomic mass is 10.0. The highest BCUT2D eigenvalue weighted by atomic mass is 15.1. The van der Waals surface area contributed by atoms with Gasteiger partial charge in [0.1, 0.15) is 0 Å². The molecule has 1 nitrogen and oxygen atoms in total. The average molecular weight is 160 g/mol. The van der Waals surface area contributed by atoms with Crippen LogP contribution in [0.25, 0.3) is 0 Å². The molecule has 63 valence electrons. The summed E-state index contributed by atoms with van der Waals surface area (Å²) in [6.45, 7) is 5.57. The van der Waals surface area contributed by atoms with Gasteiger partial charge in [-0.2, -0.15) is 0 Å². The molecule has 1 radical (unpaired) electrons. The molecule has 1 aliphatic heterocycles. The minimum Gasteiger partial charge on any atom is -0.367 e. The Morgan fingerprint density at radius 1 is 1.33 bits per heavy atom. The molecule has 0 fully saturated rings. The highest BCUT2D eigenvalue weighted by Crippen LogP contribution is 2.27. The number of para-hydroxylation sites is 1. The van der Waals surface area contributed by atoms with Crippen molar-refractivity contribution in [2.45, 2.75) is 19.8 Å². The van der Waals surface area contributed by atoms with Crippen molar-refractivity contribution in [1.82, 2.24) is 0 Å². The molecule has 1 aromatic carbocycles. The van der Waals surface area contributed by atoms with Crippen LogP contribution in [0, 0.1) is 6.54 Å². The Balaban J connectivity index is 2.37. The SMILES string of the molecule is CCN1[CH]CCc2ccccc21. The maximum Gasteiger partial charge on any atom is 0.0496 e. The smallest absolute Gasteiger partial charge is 0.0496 e. The normalized spacial score (nSPS) is 15.9. The number of fused-ring (bicyclic) bond motifs is 1. The Labute approximate surface area is 74.0 Å². The molecule has 1 heteroatoms. The standard InChI is InChI=1S/C11H14N/c1-2-12-9-5-7-10-6-3-4-8-11(10)12/h3-4,6,8-9H,2,5,7H2,1H3. The lowest BCUT2D eigenvalue weighted by Crippen LogP contribution is -2.24. The van der Waals surface area contributed by atoms with Crippen molar-refractivity contribution < 1.29 is 0 Å². The predicted molar refractivity (Wildman–Crippen MR) is 52.1 cm³/mol. The second-order valence-corrected chi connectivity index (χ2v) is 3.14. The fraction of sp³-hybridized carbons (Fsp3) is 0.364. The molecule has 0 saturated carbocycles. The van der Waals surface area contributed by atoms with Gasteiger partial charge in [0.25, 0.3) is 0 Å². The summed E-state index contributed by atoms with van der Waals surface area (Å²) in [5, 5.41) is 0. The highest BCUT2D eigenvalue weighted by Gasteiger charge is 2.13. The first-order valence-electron chi connectivity index (χ1n) is 4.59. The van der Waals surface area contributed by atoms with Crippen LogP contribution in [0.15, 0.2) is 24.3 Å². The van der Waals surface area contributed by atoms with Crippen LogP contribution in [0.3, 0.4) is 0 Å². The van der Waals surface area contributed by atoms with Crippen LogP contribution >= 0.6 is 0 Å². The van der Waals surface area contributed by atoms with E-state index in [0.717, 1.165) is 6.54 Å². The van der Waals surface area contributed by atoms with Crippen molar-refractivity contribution in [3.63, 3.8) is 0 Å². The zero-order valence-electron chi connectivity index (χ0n) is 7.46. The third-order valence-electron chi connectivity index (χ3n) is 2.40. The molecule has 0 unspecified atom stereocenters. The van der Waals surface area contributed by atoms with E-state index in [-0.39, 0.29) is 0 Å². The molecule has 2 rings (SSSR count). The summed E-state index contributed by atoms with van der Waals surface area (Å²) in [6.07, 6.45) is 2.39. The third-order valence-corrected chi connectivity index (χ3v) is 2.40. The van der Waals surface area contributed by atoms with Crippen LogP contribution in [0.1, 0.15) is 18.9 Å². The summed E-state index contributed by atoms with van der Waals surface area (Å²) in [5.74, 6) is 0. The lowest BCUT2D eigenvalue weighted by Gasteiger charge is -2.29. The van der Waals surface area contributed by atoms with Gasteiger partial charge in [0.2, 0.25) is 0 Å². The molecule has 1 aliphatic rings. The molecule has 0 saturated heterocycles. The van der Waals surface area contributed by atoms with Crippen LogP contribution in [0.2, 0.25) is 0 Å². The van der Waals surface area contributed by atoms with Crippen LogP contribution in [-0.2, 0) is 6.42 Å². The van der Waals surface area contributed by atoms with Gasteiger partial charge in [0, 0.05) is 18.8 Å². The van der Waals surface area contributed by atoms with Crippen molar-refractivity contribution in [2.24, 2.45) is 0 Å².